The summed E-state index contributed by atoms with van der Waals surface area (Å²) >= 11 is 3.22. The van der Waals surface area contributed by atoms with Gasteiger partial charge in [-0.2, -0.15) is 22.7 Å². The van der Waals surface area contributed by atoms with E-state index in [4.69, 9.17) is 37.9 Å². The molecule has 4 unspecified atom stereocenters. The number of rotatable bonds is 12. The highest BCUT2D eigenvalue weighted by Gasteiger charge is 2.49. The molecule has 0 radical (unpaired) electrons. The largest absolute Gasteiger partial charge is 0.504 e. The summed E-state index contributed by atoms with van der Waals surface area (Å²) in [6.45, 7) is 11.1. The van der Waals surface area contributed by atoms with Crippen LogP contribution in [0.2, 0.25) is 0 Å². The maximum atomic E-state index is 14.0. The van der Waals surface area contributed by atoms with Crippen LogP contribution < -0.4 is 19.3 Å². The van der Waals surface area contributed by atoms with Crippen molar-refractivity contribution < 1.29 is 62.2 Å². The molecule has 2 aromatic carbocycles. The minimum Gasteiger partial charge on any atom is -0.504 e. The first-order chi connectivity index (χ1) is 36.0. The van der Waals surface area contributed by atoms with Gasteiger partial charge in [0.2, 0.25) is 0 Å². The first kappa shape index (κ1) is 57.2. The molecule has 17 nitrogen and oxygen atoms in total. The second-order valence-corrected chi connectivity index (χ2v) is 20.0. The SMILES string of the molecule is C.C.C=CCOC(=O)N1c2cc(C)c(OC)cc2C(=O)N2CC=C(c3ccsc3)C[C@H]2C1OC1CCCCO1.C=CCOC(=O)N1c2cc(O)c(OC)cc2C(=O)N2CC=C(c3ccsc3)C[C@H]2C1OC1CCCCO1. The molecule has 8 heterocycles. The number of benzene rings is 2. The molecule has 6 aliphatic heterocycles. The van der Waals surface area contributed by atoms with Crippen molar-refractivity contribution in [3.8, 4) is 17.2 Å². The predicted octanol–water partition coefficient (Wildman–Crippen LogP) is 11.4. The summed E-state index contributed by atoms with van der Waals surface area (Å²) in [7, 11) is 2.97. The van der Waals surface area contributed by atoms with Gasteiger partial charge in [-0.3, -0.25) is 9.59 Å². The molecule has 10 rings (SSSR count). The summed E-state index contributed by atoms with van der Waals surface area (Å²) in [6.07, 6.45) is 9.18. The average molecular weight is 1080 g/mol. The van der Waals surface area contributed by atoms with Crippen molar-refractivity contribution in [1.29, 1.82) is 0 Å². The number of hydrogen-bond donors (Lipinski definition) is 1. The first-order valence-electron chi connectivity index (χ1n) is 24.9. The molecule has 0 bridgehead atoms. The van der Waals surface area contributed by atoms with Gasteiger partial charge in [-0.15, -0.1) is 0 Å². The summed E-state index contributed by atoms with van der Waals surface area (Å²) in [5.41, 5.74) is 6.36. The van der Waals surface area contributed by atoms with Crippen LogP contribution in [0.15, 0.2) is 95.4 Å². The normalized spacial score (nSPS) is 22.8. The van der Waals surface area contributed by atoms with Crippen molar-refractivity contribution in [3.05, 3.63) is 123 Å². The van der Waals surface area contributed by atoms with Crippen LogP contribution in [0.5, 0.6) is 17.2 Å². The van der Waals surface area contributed by atoms with Crippen molar-refractivity contribution >= 4 is 69.2 Å². The highest BCUT2D eigenvalue weighted by Crippen LogP contribution is 2.44. The lowest BCUT2D eigenvalue weighted by Gasteiger charge is -2.42. The second-order valence-electron chi connectivity index (χ2n) is 18.4. The van der Waals surface area contributed by atoms with Gasteiger partial charge in [-0.25, -0.2) is 19.4 Å². The van der Waals surface area contributed by atoms with Gasteiger partial charge in [-0.1, -0.05) is 52.3 Å². The number of thiophene rings is 2. The molecule has 0 spiro atoms. The maximum absolute atomic E-state index is 14.0. The number of nitrogens with zero attached hydrogens (tertiary/aromatic N) is 4. The molecule has 6 atom stereocenters. The van der Waals surface area contributed by atoms with Crippen LogP contribution in [-0.4, -0.2) is 130 Å². The number of methoxy groups -OCH3 is 2. The van der Waals surface area contributed by atoms with Crippen LogP contribution in [0, 0.1) is 6.92 Å². The van der Waals surface area contributed by atoms with Gasteiger partial charge in [0.05, 0.1) is 48.8 Å². The summed E-state index contributed by atoms with van der Waals surface area (Å²) in [5, 5.41) is 18.8. The topological polar surface area (TPSA) is 175 Å². The van der Waals surface area contributed by atoms with Crippen molar-refractivity contribution in [3.63, 3.8) is 0 Å². The Morgan fingerprint density at radius 2 is 1.16 bits per heavy atom. The number of fused-ring (bicyclic) bond motifs is 4. The second kappa shape index (κ2) is 26.0. The molecule has 4 amide bonds. The summed E-state index contributed by atoms with van der Waals surface area (Å²) in [5.74, 6) is 0.0153. The lowest BCUT2D eigenvalue weighted by Crippen LogP contribution is -2.57. The molecule has 408 valence electrons. The van der Waals surface area contributed by atoms with Crippen LogP contribution >= 0.6 is 22.7 Å². The van der Waals surface area contributed by atoms with E-state index in [1.54, 1.807) is 51.7 Å². The number of aromatic hydroxyl groups is 1. The lowest BCUT2D eigenvalue weighted by molar-refractivity contribution is -0.197. The number of carbonyl (C=O) groups excluding carboxylic acids is 4. The number of anilines is 2. The lowest BCUT2D eigenvalue weighted by atomic mass is 9.94. The third-order valence-corrected chi connectivity index (χ3v) is 15.3. The molecular formula is C57H70N4O13S2. The van der Waals surface area contributed by atoms with E-state index < -0.39 is 49.3 Å². The number of hydrogen-bond acceptors (Lipinski definition) is 15. The van der Waals surface area contributed by atoms with Gasteiger partial charge in [0, 0.05) is 32.4 Å². The van der Waals surface area contributed by atoms with E-state index in [9.17, 15) is 24.3 Å². The van der Waals surface area contributed by atoms with Crippen LogP contribution in [0.4, 0.5) is 21.0 Å². The van der Waals surface area contributed by atoms with Gasteiger partial charge < -0.3 is 52.8 Å². The molecule has 2 aromatic heterocycles. The minimum absolute atomic E-state index is 0. The molecule has 2 fully saturated rings. The first-order valence-corrected chi connectivity index (χ1v) is 26.7. The third-order valence-electron chi connectivity index (χ3n) is 13.9. The molecule has 2 saturated heterocycles. The van der Waals surface area contributed by atoms with Crippen molar-refractivity contribution in [2.75, 3.05) is 63.5 Å². The zero-order chi connectivity index (χ0) is 51.9. The monoisotopic (exact) mass is 1080 g/mol. The molecule has 6 aliphatic rings. The Hall–Kier alpha value is -6.48. The molecule has 19 heteroatoms. The highest BCUT2D eigenvalue weighted by molar-refractivity contribution is 7.08. The smallest absolute Gasteiger partial charge is 0.416 e. The molecular weight excluding hydrogens is 1010 g/mol. The van der Waals surface area contributed by atoms with Gasteiger partial charge in [0.25, 0.3) is 11.8 Å². The van der Waals surface area contributed by atoms with Gasteiger partial charge in [-0.05, 0) is 138 Å². The molecule has 0 aliphatic carbocycles. The molecule has 76 heavy (non-hydrogen) atoms. The van der Waals surface area contributed by atoms with Crippen LogP contribution in [-0.2, 0) is 28.4 Å². The number of carbonyl (C=O) groups is 4. The van der Waals surface area contributed by atoms with E-state index in [0.717, 1.165) is 53.5 Å². The quantitative estimate of drug-likeness (QED) is 0.133. The van der Waals surface area contributed by atoms with Crippen LogP contribution in [0.1, 0.15) is 104 Å². The van der Waals surface area contributed by atoms with E-state index in [1.807, 2.05) is 29.8 Å². The minimum atomic E-state index is -0.930. The van der Waals surface area contributed by atoms with E-state index >= 15 is 0 Å². The number of phenols is 1. The van der Waals surface area contributed by atoms with E-state index in [-0.39, 0.29) is 62.6 Å². The van der Waals surface area contributed by atoms with E-state index in [2.05, 4.69) is 36.1 Å². The summed E-state index contributed by atoms with van der Waals surface area (Å²) in [4.78, 5) is 61.5. The predicted molar refractivity (Wildman–Crippen MR) is 294 cm³/mol. The van der Waals surface area contributed by atoms with Crippen molar-refractivity contribution in [2.45, 2.75) is 110 Å². The van der Waals surface area contributed by atoms with Crippen molar-refractivity contribution in [2.24, 2.45) is 0 Å². The molecule has 4 aromatic rings. The maximum Gasteiger partial charge on any atom is 0.416 e. The fourth-order valence-corrected chi connectivity index (χ4v) is 11.6. The van der Waals surface area contributed by atoms with Crippen molar-refractivity contribution in [1.82, 2.24) is 9.80 Å². The average Bonchev–Trinajstić information content (AvgIpc) is 4.18. The third kappa shape index (κ3) is 12.0. The Kier molecular flexibility index (Phi) is 19.6. The Morgan fingerprint density at radius 3 is 1.57 bits per heavy atom. The Labute approximate surface area is 453 Å². The summed E-state index contributed by atoms with van der Waals surface area (Å²) < 4.78 is 46.7. The molecule has 0 saturated carbocycles. The number of amides is 4. The van der Waals surface area contributed by atoms with Crippen LogP contribution in [0.3, 0.4) is 0 Å². The number of phenolic OH excluding ortho intramolecular Hbond substituents is 1. The van der Waals surface area contributed by atoms with Crippen LogP contribution in [0.25, 0.3) is 11.1 Å². The Bertz CT molecular complexity index is 2560. The van der Waals surface area contributed by atoms with Gasteiger partial charge >= 0.3 is 12.2 Å². The fraction of sp³-hybridized carbons (Fsp3) is 0.439. The molecule has 1 N–H and O–H groups in total. The van der Waals surface area contributed by atoms with E-state index in [1.165, 1.54) is 41.2 Å². The fourth-order valence-electron chi connectivity index (χ4n) is 10.2. The number of ether oxygens (including phenoxy) is 8. The van der Waals surface area contributed by atoms with Gasteiger partial charge in [0.15, 0.2) is 36.5 Å². The number of aryl methyl sites for hydroxylation is 1. The Morgan fingerprint density at radius 1 is 0.697 bits per heavy atom. The zero-order valence-corrected chi connectivity index (χ0v) is 43.4. The Balaban J connectivity index is 0.000000216. The van der Waals surface area contributed by atoms with Gasteiger partial charge in [0.1, 0.15) is 19.0 Å². The van der Waals surface area contributed by atoms with E-state index in [0.29, 0.717) is 69.0 Å². The summed E-state index contributed by atoms with van der Waals surface area (Å²) in [6, 6.07) is 9.44. The standard InChI is InChI=1S/C28H32N2O6S.C27H30N2O7S.2CH4/c1-4-11-35-28(32)30-22-14-18(2)24(33-3)16-21(22)26(31)29-10-8-19(20-9-13-37-17-20)15-23(29)27(30)36-25-7-5-6-12-34-25;1-3-10-35-27(32)29-20-15-22(30)23(33-2)14-19(20)25(31)28-9-7-17(18-8-12-37-16-18)13-21(28)26(29)36-24-6-4-5-11-34-24;;/h4,8-9,13-14,16-17,23,25,27H,1,5-7,10-12,15H2,2-3H3;3,7-8,12,14-16,21,24,26,30H,1,4-6,9-11,13H2,2H3;2*1H4/t23-,25?,27?;21-,24?,26?;;/m00../s1. The highest BCUT2D eigenvalue weighted by atomic mass is 32.1. The zero-order valence-electron chi connectivity index (χ0n) is 41.8.